The van der Waals surface area contributed by atoms with E-state index >= 15 is 0 Å². The summed E-state index contributed by atoms with van der Waals surface area (Å²) in [6.45, 7) is 0. The van der Waals surface area contributed by atoms with Crippen molar-refractivity contribution in [1.29, 1.82) is 0 Å². The number of Topliss-reactive ketones (excluding diaryl/α,β-unsaturated/α-hetero) is 2. The van der Waals surface area contributed by atoms with Crippen molar-refractivity contribution in [2.24, 2.45) is 0 Å². The van der Waals surface area contributed by atoms with Gasteiger partial charge >= 0.3 is 35.4 Å². The summed E-state index contributed by atoms with van der Waals surface area (Å²) in [7, 11) is 0. The Morgan fingerprint density at radius 2 is 0.815 bits per heavy atom. The second-order valence-electron chi connectivity index (χ2n) is 3.61. The smallest absolute Gasteiger partial charge is 0.870 e. The van der Waals surface area contributed by atoms with Crippen molar-refractivity contribution in [3.8, 4) is 0 Å². The minimum atomic E-state index is -5.66. The van der Waals surface area contributed by atoms with Gasteiger partial charge in [0.2, 0.25) is 0 Å². The molecule has 0 aliphatic heterocycles. The van der Waals surface area contributed by atoms with Crippen LogP contribution in [0.3, 0.4) is 0 Å². The van der Waals surface area contributed by atoms with Crippen LogP contribution in [0, 0.1) is 0 Å². The van der Waals surface area contributed by atoms with E-state index in [0.29, 0.717) is 0 Å². The molecule has 152 valence electrons. The molecule has 0 spiro atoms. The van der Waals surface area contributed by atoms with Gasteiger partial charge < -0.3 is 10.2 Å². The Morgan fingerprint density at radius 1 is 0.630 bits per heavy atom. The topological polar surface area (TPSA) is 80.3 Å². The minimum absolute atomic E-state index is 0. The molecule has 0 radical (unpaired) electrons. The van der Waals surface area contributed by atoms with E-state index in [1.165, 1.54) is 0 Å². The molecule has 0 heterocycles. The van der Waals surface area contributed by atoms with Gasteiger partial charge in [-0.05, 0) is 11.5 Å². The molecule has 0 aromatic carbocycles. The number of hydrogen-bond acceptors (Lipinski definition) is 4. The van der Waals surface area contributed by atoms with Crippen LogP contribution in [0.2, 0.25) is 0 Å². The maximum absolute atomic E-state index is 12.0. The summed E-state index contributed by atoms with van der Waals surface area (Å²) in [5.41, 5.74) is 0. The number of halogens is 12. The standard InChI is InChI=1S/2C5H2F6O2.Mg/c2*6-1(2(12)4(7)8)3(13)5(9,10)11;/h2*4,12H;/q;;+2/p-2/b2*2-1+;. The molecule has 0 fully saturated rings. The summed E-state index contributed by atoms with van der Waals surface area (Å²) in [4.78, 5) is 19.6. The fourth-order valence-corrected chi connectivity index (χ4v) is 0.664. The number of hydrogen-bond donors (Lipinski definition) is 0. The molecule has 0 saturated heterocycles. The van der Waals surface area contributed by atoms with Crippen LogP contribution in [0.15, 0.2) is 23.2 Å². The predicted octanol–water partition coefficient (Wildman–Crippen LogP) is 1.47. The SMILES string of the molecule is O=C(/C(F)=C(\[O-])C(F)F)C(F)(F)F.O=C(/C(F)=C(\[O-])C(F)F)C(F)(F)F.[Mg+2]. The van der Waals surface area contributed by atoms with Crippen LogP contribution in [0.25, 0.3) is 0 Å². The van der Waals surface area contributed by atoms with Gasteiger partial charge in [-0.25, -0.2) is 26.3 Å². The Morgan fingerprint density at radius 3 is 0.926 bits per heavy atom. The maximum Gasteiger partial charge on any atom is 2.00 e. The van der Waals surface area contributed by atoms with E-state index in [0.717, 1.165) is 0 Å². The van der Waals surface area contributed by atoms with Crippen molar-refractivity contribution in [3.05, 3.63) is 23.2 Å². The summed E-state index contributed by atoms with van der Waals surface area (Å²) in [6.07, 6.45) is -19.2. The summed E-state index contributed by atoms with van der Waals surface area (Å²) < 4.78 is 137. The normalized spacial score (nSPS) is 13.9. The van der Waals surface area contributed by atoms with Crippen molar-refractivity contribution < 1.29 is 72.5 Å². The number of rotatable bonds is 4. The largest absolute Gasteiger partial charge is 2.00 e. The van der Waals surface area contributed by atoms with Crippen molar-refractivity contribution in [2.45, 2.75) is 25.2 Å². The van der Waals surface area contributed by atoms with Crippen molar-refractivity contribution >= 4 is 34.6 Å². The van der Waals surface area contributed by atoms with Gasteiger partial charge in [0.25, 0.3) is 24.4 Å². The van der Waals surface area contributed by atoms with Gasteiger partial charge in [0, 0.05) is 0 Å². The quantitative estimate of drug-likeness (QED) is 0.288. The molecule has 0 rings (SSSR count). The first-order chi connectivity index (χ1) is 11.4. The van der Waals surface area contributed by atoms with Crippen molar-refractivity contribution in [3.63, 3.8) is 0 Å². The Bertz CT molecular complexity index is 538. The molecule has 0 aromatic heterocycles. The molecule has 0 aromatic rings. The van der Waals surface area contributed by atoms with Crippen molar-refractivity contribution in [2.75, 3.05) is 0 Å². The predicted molar refractivity (Wildman–Crippen MR) is 56.2 cm³/mol. The number of alkyl halides is 10. The molecular weight excluding hydrogens is 436 g/mol. The van der Waals surface area contributed by atoms with Gasteiger partial charge in [-0.15, -0.1) is 0 Å². The van der Waals surface area contributed by atoms with Crippen molar-refractivity contribution in [1.82, 2.24) is 0 Å². The Kier molecular flexibility index (Phi) is 12.5. The van der Waals surface area contributed by atoms with E-state index in [2.05, 4.69) is 0 Å². The maximum atomic E-state index is 12.0. The van der Waals surface area contributed by atoms with E-state index in [-0.39, 0.29) is 23.1 Å². The Hall–Kier alpha value is -1.65. The van der Waals surface area contributed by atoms with Crippen LogP contribution in [0.4, 0.5) is 52.7 Å². The van der Waals surface area contributed by atoms with Crippen LogP contribution in [0.1, 0.15) is 0 Å². The van der Waals surface area contributed by atoms with E-state index in [9.17, 15) is 72.5 Å². The van der Waals surface area contributed by atoms with Gasteiger partial charge in [0.15, 0.2) is 11.7 Å². The van der Waals surface area contributed by atoms with E-state index in [4.69, 9.17) is 0 Å². The van der Waals surface area contributed by atoms with Gasteiger partial charge in [0.1, 0.15) is 0 Å². The van der Waals surface area contributed by atoms with Gasteiger partial charge in [-0.3, -0.25) is 9.59 Å². The zero-order chi connectivity index (χ0) is 21.6. The summed E-state index contributed by atoms with van der Waals surface area (Å²) in [5, 5.41) is 19.7. The number of allylic oxidation sites excluding steroid dienone is 4. The monoisotopic (exact) mass is 438 g/mol. The van der Waals surface area contributed by atoms with Gasteiger partial charge in [-0.1, -0.05) is 0 Å². The van der Waals surface area contributed by atoms with Gasteiger partial charge in [-0.2, -0.15) is 26.3 Å². The Balaban J connectivity index is -0.000000411. The molecular formula is C10H2F12MgO4. The number of carbonyl (C=O) groups excluding carboxylic acids is 2. The first kappa shape index (κ1) is 30.1. The Labute approximate surface area is 156 Å². The van der Waals surface area contributed by atoms with Crippen LogP contribution in [-0.2, 0) is 9.59 Å². The van der Waals surface area contributed by atoms with E-state index in [1.54, 1.807) is 0 Å². The molecule has 0 aliphatic rings. The average molecular weight is 438 g/mol. The first-order valence-corrected chi connectivity index (χ1v) is 5.28. The minimum Gasteiger partial charge on any atom is -0.870 e. The number of carbonyl (C=O) groups is 2. The molecule has 27 heavy (non-hydrogen) atoms. The second kappa shape index (κ2) is 11.2. The van der Waals surface area contributed by atoms with E-state index < -0.39 is 59.9 Å². The zero-order valence-corrected chi connectivity index (χ0v) is 13.4. The molecule has 0 saturated carbocycles. The van der Waals surface area contributed by atoms with Crippen LogP contribution in [0.5, 0.6) is 0 Å². The molecule has 0 bridgehead atoms. The third-order valence-corrected chi connectivity index (χ3v) is 1.74. The second-order valence-corrected chi connectivity index (χ2v) is 3.61. The molecule has 4 nitrogen and oxygen atoms in total. The summed E-state index contributed by atoms with van der Waals surface area (Å²) in [6, 6.07) is 0. The summed E-state index contributed by atoms with van der Waals surface area (Å²) >= 11 is 0. The van der Waals surface area contributed by atoms with E-state index in [1.807, 2.05) is 0 Å². The van der Waals surface area contributed by atoms with Crippen LogP contribution < -0.4 is 10.2 Å². The molecule has 0 atom stereocenters. The zero-order valence-electron chi connectivity index (χ0n) is 12.0. The molecule has 17 heteroatoms. The van der Waals surface area contributed by atoms with Gasteiger partial charge in [0.05, 0.1) is 0 Å². The molecule has 0 N–H and O–H groups in total. The number of ketones is 2. The molecule has 0 amide bonds. The third-order valence-electron chi connectivity index (χ3n) is 1.74. The summed E-state index contributed by atoms with van der Waals surface area (Å²) in [5.74, 6) is -17.9. The fourth-order valence-electron chi connectivity index (χ4n) is 0.664. The third kappa shape index (κ3) is 10.3. The average Bonchev–Trinajstić information content (AvgIpc) is 2.48. The molecule has 0 aliphatic carbocycles. The molecule has 0 unspecified atom stereocenters. The van der Waals surface area contributed by atoms with Crippen LogP contribution >= 0.6 is 0 Å². The fraction of sp³-hybridized carbons (Fsp3) is 0.400. The first-order valence-electron chi connectivity index (χ1n) is 5.28. The van der Waals surface area contributed by atoms with Crippen LogP contribution in [-0.4, -0.2) is 59.8 Å².